The second-order valence-electron chi connectivity index (χ2n) is 6.71. The number of hydrogen-bond acceptors (Lipinski definition) is 6. The summed E-state index contributed by atoms with van der Waals surface area (Å²) in [6.45, 7) is 5.80. The summed E-state index contributed by atoms with van der Waals surface area (Å²) in [5, 5.41) is 0. The summed E-state index contributed by atoms with van der Waals surface area (Å²) >= 11 is 0. The highest BCUT2D eigenvalue weighted by Gasteiger charge is 2.39. The summed E-state index contributed by atoms with van der Waals surface area (Å²) in [6, 6.07) is 2.39. The highest BCUT2D eigenvalue weighted by Crippen LogP contribution is 2.18. The molecule has 8 nitrogen and oxygen atoms in total. The van der Waals surface area contributed by atoms with E-state index in [1.165, 1.54) is 23.1 Å². The van der Waals surface area contributed by atoms with Crippen LogP contribution in [0, 0.1) is 0 Å². The van der Waals surface area contributed by atoms with E-state index in [0.717, 1.165) is 0 Å². The molecule has 0 spiro atoms. The van der Waals surface area contributed by atoms with E-state index in [2.05, 4.69) is 4.98 Å². The number of ether oxygens (including phenoxy) is 2. The second-order valence-corrected chi connectivity index (χ2v) is 6.71. The van der Waals surface area contributed by atoms with Crippen molar-refractivity contribution in [2.45, 2.75) is 32.4 Å². The van der Waals surface area contributed by atoms with E-state index in [1.54, 1.807) is 39.1 Å². The summed E-state index contributed by atoms with van der Waals surface area (Å²) in [6.07, 6.45) is 2.49. The van der Waals surface area contributed by atoms with Crippen molar-refractivity contribution >= 4 is 18.0 Å². The first-order valence-corrected chi connectivity index (χ1v) is 7.99. The van der Waals surface area contributed by atoms with Crippen LogP contribution in [0.5, 0.6) is 0 Å². The van der Waals surface area contributed by atoms with Gasteiger partial charge in [0.1, 0.15) is 11.6 Å². The van der Waals surface area contributed by atoms with Crippen molar-refractivity contribution in [3.8, 4) is 0 Å². The van der Waals surface area contributed by atoms with Gasteiger partial charge in [0.15, 0.2) is 0 Å². The fourth-order valence-electron chi connectivity index (χ4n) is 2.51. The maximum Gasteiger partial charge on any atom is 0.410 e. The van der Waals surface area contributed by atoms with Crippen molar-refractivity contribution in [3.63, 3.8) is 0 Å². The number of aromatic nitrogens is 1. The predicted molar refractivity (Wildman–Crippen MR) is 88.9 cm³/mol. The van der Waals surface area contributed by atoms with Gasteiger partial charge in [-0.1, -0.05) is 0 Å². The summed E-state index contributed by atoms with van der Waals surface area (Å²) in [7, 11) is 1.25. The number of methoxy groups -OCH3 is 1. The molecule has 1 aliphatic heterocycles. The minimum Gasteiger partial charge on any atom is -0.467 e. The molecule has 1 aromatic rings. The number of hydrogen-bond donors (Lipinski definition) is 0. The Hall–Kier alpha value is -2.64. The van der Waals surface area contributed by atoms with Crippen LogP contribution in [0.1, 0.15) is 31.1 Å². The van der Waals surface area contributed by atoms with Gasteiger partial charge in [-0.2, -0.15) is 0 Å². The number of pyridine rings is 1. The van der Waals surface area contributed by atoms with Gasteiger partial charge < -0.3 is 19.3 Å². The number of carbonyl (C=O) groups is 3. The molecule has 1 atom stereocenters. The Morgan fingerprint density at radius 1 is 1.24 bits per heavy atom. The van der Waals surface area contributed by atoms with Crippen LogP contribution in [0.4, 0.5) is 4.79 Å². The minimum absolute atomic E-state index is 0.0214. The molecule has 2 amide bonds. The van der Waals surface area contributed by atoms with Gasteiger partial charge in [-0.05, 0) is 32.9 Å². The van der Waals surface area contributed by atoms with E-state index < -0.39 is 23.7 Å². The van der Waals surface area contributed by atoms with Gasteiger partial charge in [0, 0.05) is 25.5 Å². The lowest BCUT2D eigenvalue weighted by atomic mass is 10.1. The normalized spacial score (nSPS) is 17.8. The van der Waals surface area contributed by atoms with Gasteiger partial charge in [-0.25, -0.2) is 9.59 Å². The Bertz CT molecular complexity index is 641. The molecule has 0 saturated carbocycles. The van der Waals surface area contributed by atoms with Crippen molar-refractivity contribution in [2.75, 3.05) is 26.7 Å². The Morgan fingerprint density at radius 2 is 1.96 bits per heavy atom. The molecular formula is C17H23N3O5. The third kappa shape index (κ3) is 4.68. The maximum atomic E-state index is 12.7. The first kappa shape index (κ1) is 18.7. The maximum absolute atomic E-state index is 12.7. The average Bonchev–Trinajstić information content (AvgIpc) is 2.59. The zero-order chi connectivity index (χ0) is 18.6. The van der Waals surface area contributed by atoms with Crippen LogP contribution in [0.3, 0.4) is 0 Å². The number of esters is 1. The predicted octanol–water partition coefficient (Wildman–Crippen LogP) is 1.32. The van der Waals surface area contributed by atoms with Crippen LogP contribution < -0.4 is 0 Å². The van der Waals surface area contributed by atoms with Crippen LogP contribution >= 0.6 is 0 Å². The van der Waals surface area contributed by atoms with Gasteiger partial charge in [0.25, 0.3) is 5.91 Å². The van der Waals surface area contributed by atoms with E-state index in [9.17, 15) is 14.4 Å². The molecule has 1 aliphatic rings. The third-order valence-corrected chi connectivity index (χ3v) is 3.67. The van der Waals surface area contributed by atoms with Crippen molar-refractivity contribution in [3.05, 3.63) is 30.1 Å². The van der Waals surface area contributed by atoms with E-state index in [1.807, 2.05) is 0 Å². The minimum atomic E-state index is -0.890. The third-order valence-electron chi connectivity index (χ3n) is 3.67. The number of piperazine rings is 1. The zero-order valence-corrected chi connectivity index (χ0v) is 14.9. The highest BCUT2D eigenvalue weighted by molar-refractivity contribution is 5.97. The van der Waals surface area contributed by atoms with Crippen molar-refractivity contribution in [1.82, 2.24) is 14.8 Å². The molecule has 136 valence electrons. The molecule has 0 aromatic carbocycles. The molecule has 2 heterocycles. The summed E-state index contributed by atoms with van der Waals surface area (Å²) in [4.78, 5) is 43.8. The van der Waals surface area contributed by atoms with Crippen LogP contribution in [-0.2, 0) is 14.3 Å². The monoisotopic (exact) mass is 349 g/mol. The smallest absolute Gasteiger partial charge is 0.410 e. The molecular weight excluding hydrogens is 326 g/mol. The lowest BCUT2D eigenvalue weighted by Crippen LogP contribution is -2.60. The Kier molecular flexibility index (Phi) is 5.61. The molecule has 8 heteroatoms. The largest absolute Gasteiger partial charge is 0.467 e. The molecule has 0 bridgehead atoms. The van der Waals surface area contributed by atoms with Crippen molar-refractivity contribution in [1.29, 1.82) is 0 Å². The first-order valence-electron chi connectivity index (χ1n) is 7.99. The summed E-state index contributed by atoms with van der Waals surface area (Å²) in [5.41, 5.74) is -0.261. The first-order chi connectivity index (χ1) is 11.7. The van der Waals surface area contributed by atoms with Gasteiger partial charge in [0.05, 0.1) is 19.2 Å². The van der Waals surface area contributed by atoms with E-state index in [0.29, 0.717) is 5.56 Å². The SMILES string of the molecule is COC(=O)C1CN(C(=O)OC(C)(C)C)CCN1C(=O)c1cccnc1. The molecule has 0 aliphatic carbocycles. The van der Waals surface area contributed by atoms with Crippen molar-refractivity contribution in [2.24, 2.45) is 0 Å². The Morgan fingerprint density at radius 3 is 2.52 bits per heavy atom. The molecule has 1 saturated heterocycles. The van der Waals surface area contributed by atoms with E-state index in [4.69, 9.17) is 9.47 Å². The summed E-state index contributed by atoms with van der Waals surface area (Å²) < 4.78 is 10.1. The van der Waals surface area contributed by atoms with Crippen LogP contribution in [0.25, 0.3) is 0 Å². The standard InChI is InChI=1S/C17H23N3O5/c1-17(2,3)25-16(23)19-8-9-20(13(11-19)15(22)24-4)14(21)12-6-5-7-18-10-12/h5-7,10,13H,8-9,11H2,1-4H3. The lowest BCUT2D eigenvalue weighted by molar-refractivity contribution is -0.147. The highest BCUT2D eigenvalue weighted by atomic mass is 16.6. The van der Waals surface area contributed by atoms with E-state index in [-0.39, 0.29) is 25.5 Å². The zero-order valence-electron chi connectivity index (χ0n) is 14.9. The molecule has 2 rings (SSSR count). The Labute approximate surface area is 146 Å². The molecule has 1 fully saturated rings. The van der Waals surface area contributed by atoms with Gasteiger partial charge in [-0.3, -0.25) is 9.78 Å². The van der Waals surface area contributed by atoms with Crippen LogP contribution in [-0.4, -0.2) is 71.1 Å². The summed E-state index contributed by atoms with van der Waals surface area (Å²) in [5.74, 6) is -0.905. The van der Waals surface area contributed by atoms with Gasteiger partial charge in [-0.15, -0.1) is 0 Å². The molecule has 0 N–H and O–H groups in total. The lowest BCUT2D eigenvalue weighted by Gasteiger charge is -2.40. The van der Waals surface area contributed by atoms with Crippen LogP contribution in [0.2, 0.25) is 0 Å². The van der Waals surface area contributed by atoms with Crippen LogP contribution in [0.15, 0.2) is 24.5 Å². The van der Waals surface area contributed by atoms with Crippen molar-refractivity contribution < 1.29 is 23.9 Å². The van der Waals surface area contributed by atoms with E-state index >= 15 is 0 Å². The van der Waals surface area contributed by atoms with Gasteiger partial charge >= 0.3 is 12.1 Å². The van der Waals surface area contributed by atoms with Gasteiger partial charge in [0.2, 0.25) is 0 Å². The molecule has 0 radical (unpaired) electrons. The number of rotatable bonds is 2. The molecule has 25 heavy (non-hydrogen) atoms. The fraction of sp³-hybridized carbons (Fsp3) is 0.529. The fourth-order valence-corrected chi connectivity index (χ4v) is 2.51. The molecule has 1 unspecified atom stereocenters. The Balaban J connectivity index is 2.17. The number of amides is 2. The molecule has 1 aromatic heterocycles. The topological polar surface area (TPSA) is 89.0 Å². The second kappa shape index (κ2) is 7.50. The number of nitrogens with zero attached hydrogens (tertiary/aromatic N) is 3. The quantitative estimate of drug-likeness (QED) is 0.748. The number of carbonyl (C=O) groups excluding carboxylic acids is 3. The average molecular weight is 349 g/mol.